The molecule has 0 amide bonds. The van der Waals surface area contributed by atoms with Crippen molar-refractivity contribution in [3.8, 4) is 0 Å². The molecule has 3 aromatic heterocycles. The molecule has 2 aliphatic rings. The summed E-state index contributed by atoms with van der Waals surface area (Å²) in [6.45, 7) is 0.809. The molecule has 2 N–H and O–H groups in total. The fourth-order valence-corrected chi connectivity index (χ4v) is 5.05. The van der Waals surface area contributed by atoms with Crippen LogP contribution < -0.4 is 5.32 Å². The van der Waals surface area contributed by atoms with Crippen LogP contribution in [0.25, 0.3) is 5.65 Å². The third-order valence-corrected chi connectivity index (χ3v) is 6.84. The Morgan fingerprint density at radius 2 is 1.87 bits per heavy atom. The van der Waals surface area contributed by atoms with Crippen LogP contribution in [0.4, 0.5) is 11.5 Å². The molecule has 31 heavy (non-hydrogen) atoms. The lowest BCUT2D eigenvalue weighted by atomic mass is 9.82. The quantitative estimate of drug-likeness (QED) is 0.616. The van der Waals surface area contributed by atoms with Gasteiger partial charge in [-0.15, -0.1) is 0 Å². The predicted octanol–water partition coefficient (Wildman–Crippen LogP) is 4.00. The van der Waals surface area contributed by atoms with E-state index in [0.717, 1.165) is 43.6 Å². The third-order valence-electron chi connectivity index (χ3n) is 6.84. The van der Waals surface area contributed by atoms with Crippen molar-refractivity contribution in [2.75, 3.05) is 5.32 Å². The van der Waals surface area contributed by atoms with Crippen molar-refractivity contribution in [3.05, 3.63) is 30.6 Å². The zero-order valence-corrected chi connectivity index (χ0v) is 17.7. The van der Waals surface area contributed by atoms with Crippen LogP contribution in [0.1, 0.15) is 69.4 Å². The Morgan fingerprint density at radius 3 is 2.65 bits per heavy atom. The summed E-state index contributed by atoms with van der Waals surface area (Å²) in [5.74, 6) is 0.818. The first kappa shape index (κ1) is 20.0. The number of aliphatic carboxylic acids is 1. The van der Waals surface area contributed by atoms with Crippen molar-refractivity contribution in [2.45, 2.75) is 70.3 Å². The van der Waals surface area contributed by atoms with Gasteiger partial charge in [-0.1, -0.05) is 19.3 Å². The van der Waals surface area contributed by atoms with E-state index < -0.39 is 5.97 Å². The van der Waals surface area contributed by atoms with Crippen LogP contribution in [-0.2, 0) is 11.3 Å². The number of anilines is 2. The number of nitrogens with one attached hydrogen (secondary N) is 1. The molecule has 5 rings (SSSR count). The molecular formula is C22H29N7O2. The minimum Gasteiger partial charge on any atom is -0.481 e. The van der Waals surface area contributed by atoms with Crippen molar-refractivity contribution < 1.29 is 9.90 Å². The average Bonchev–Trinajstić information content (AvgIpc) is 3.44. The first-order valence-electron chi connectivity index (χ1n) is 11.4. The SMILES string of the molecule is O=C(O)C1CCC(Cn2cc(Nc3nc(C4CCCCC4)cn4ncnc34)cn2)CC1. The molecule has 0 saturated heterocycles. The van der Waals surface area contributed by atoms with Crippen LogP contribution in [0.2, 0.25) is 0 Å². The molecule has 3 heterocycles. The second-order valence-corrected chi connectivity index (χ2v) is 9.01. The predicted molar refractivity (Wildman–Crippen MR) is 115 cm³/mol. The van der Waals surface area contributed by atoms with Gasteiger partial charge in [-0.05, 0) is 44.4 Å². The van der Waals surface area contributed by atoms with E-state index in [1.807, 2.05) is 27.8 Å². The van der Waals surface area contributed by atoms with E-state index in [-0.39, 0.29) is 5.92 Å². The van der Waals surface area contributed by atoms with Crippen LogP contribution in [-0.4, -0.2) is 40.4 Å². The highest BCUT2D eigenvalue weighted by atomic mass is 16.4. The molecule has 0 bridgehead atoms. The highest BCUT2D eigenvalue weighted by Crippen LogP contribution is 2.33. The number of carboxylic acid groups (broad SMARTS) is 1. The Labute approximate surface area is 180 Å². The minimum atomic E-state index is -0.660. The normalized spacial score (nSPS) is 22.6. The first-order chi connectivity index (χ1) is 15.2. The molecule has 0 spiro atoms. The largest absolute Gasteiger partial charge is 0.481 e. The third kappa shape index (κ3) is 4.40. The number of hydrogen-bond donors (Lipinski definition) is 2. The highest BCUT2D eigenvalue weighted by Gasteiger charge is 2.26. The molecule has 0 unspecified atom stereocenters. The lowest BCUT2D eigenvalue weighted by Crippen LogP contribution is -2.23. The van der Waals surface area contributed by atoms with Gasteiger partial charge >= 0.3 is 5.97 Å². The topological polar surface area (TPSA) is 110 Å². The number of carbonyl (C=O) groups is 1. The second-order valence-electron chi connectivity index (χ2n) is 9.01. The van der Waals surface area contributed by atoms with Gasteiger partial charge in [-0.2, -0.15) is 10.2 Å². The number of rotatable bonds is 6. The molecule has 0 radical (unpaired) electrons. The molecule has 0 aliphatic heterocycles. The van der Waals surface area contributed by atoms with Crippen molar-refractivity contribution in [1.82, 2.24) is 29.4 Å². The van der Waals surface area contributed by atoms with Gasteiger partial charge in [0.1, 0.15) is 6.33 Å². The van der Waals surface area contributed by atoms with E-state index in [4.69, 9.17) is 4.98 Å². The number of nitrogens with zero attached hydrogens (tertiary/aromatic N) is 6. The molecule has 3 aromatic rings. The Bertz CT molecular complexity index is 1050. The molecule has 2 aliphatic carbocycles. The maximum Gasteiger partial charge on any atom is 0.306 e. The van der Waals surface area contributed by atoms with Crippen LogP contribution in [0.3, 0.4) is 0 Å². The van der Waals surface area contributed by atoms with Gasteiger partial charge in [0.2, 0.25) is 0 Å². The van der Waals surface area contributed by atoms with Gasteiger partial charge in [-0.25, -0.2) is 14.5 Å². The Balaban J connectivity index is 1.29. The Morgan fingerprint density at radius 1 is 1.06 bits per heavy atom. The zero-order chi connectivity index (χ0) is 21.2. The van der Waals surface area contributed by atoms with Gasteiger partial charge in [0.05, 0.1) is 29.7 Å². The molecule has 0 atom stereocenters. The van der Waals surface area contributed by atoms with Gasteiger partial charge in [0.25, 0.3) is 0 Å². The maximum atomic E-state index is 11.2. The fourth-order valence-electron chi connectivity index (χ4n) is 5.05. The number of aromatic nitrogens is 6. The summed E-state index contributed by atoms with van der Waals surface area (Å²) in [4.78, 5) is 20.4. The maximum absolute atomic E-state index is 11.2. The summed E-state index contributed by atoms with van der Waals surface area (Å²) in [6.07, 6.45) is 16.9. The highest BCUT2D eigenvalue weighted by molar-refractivity contribution is 5.70. The van der Waals surface area contributed by atoms with Crippen LogP contribution in [0, 0.1) is 11.8 Å². The average molecular weight is 424 g/mol. The number of hydrogen-bond acceptors (Lipinski definition) is 6. The van der Waals surface area contributed by atoms with Crippen LogP contribution in [0.15, 0.2) is 24.9 Å². The van der Waals surface area contributed by atoms with E-state index in [9.17, 15) is 9.90 Å². The number of carboxylic acids is 1. The van der Waals surface area contributed by atoms with Crippen molar-refractivity contribution in [2.24, 2.45) is 11.8 Å². The zero-order valence-electron chi connectivity index (χ0n) is 17.7. The summed E-state index contributed by atoms with van der Waals surface area (Å²) >= 11 is 0. The Hall–Kier alpha value is -2.97. The van der Waals surface area contributed by atoms with E-state index in [2.05, 4.69) is 20.5 Å². The molecule has 9 nitrogen and oxygen atoms in total. The van der Waals surface area contributed by atoms with Crippen molar-refractivity contribution in [1.29, 1.82) is 0 Å². The molecule has 164 valence electrons. The van der Waals surface area contributed by atoms with Gasteiger partial charge in [0, 0.05) is 18.7 Å². The summed E-state index contributed by atoms with van der Waals surface area (Å²) in [5, 5.41) is 21.4. The molecular weight excluding hydrogens is 394 g/mol. The second kappa shape index (κ2) is 8.64. The fraction of sp³-hybridized carbons (Fsp3) is 0.591. The molecule has 2 fully saturated rings. The molecule has 2 saturated carbocycles. The van der Waals surface area contributed by atoms with E-state index in [1.165, 1.54) is 32.1 Å². The summed E-state index contributed by atoms with van der Waals surface area (Å²) in [6, 6.07) is 0. The standard InChI is InChI=1S/C22H29N7O2/c30-22(31)17-8-6-15(7-9-17)11-28-12-18(10-24-28)26-20-21-23-14-25-29(21)13-19(27-20)16-4-2-1-3-5-16/h10,12-17H,1-9,11H2,(H,26,27)(H,30,31). The molecule has 9 heteroatoms. The van der Waals surface area contributed by atoms with Crippen molar-refractivity contribution in [3.63, 3.8) is 0 Å². The number of fused-ring (bicyclic) bond motifs is 1. The smallest absolute Gasteiger partial charge is 0.306 e. The minimum absolute atomic E-state index is 0.181. The van der Waals surface area contributed by atoms with Crippen LogP contribution >= 0.6 is 0 Å². The Kier molecular flexibility index (Phi) is 5.57. The van der Waals surface area contributed by atoms with Crippen LogP contribution in [0.5, 0.6) is 0 Å². The molecule has 0 aromatic carbocycles. The summed E-state index contributed by atoms with van der Waals surface area (Å²) in [7, 11) is 0. The lowest BCUT2D eigenvalue weighted by Gasteiger charge is -2.25. The summed E-state index contributed by atoms with van der Waals surface area (Å²) in [5.41, 5.74) is 2.65. The first-order valence-corrected chi connectivity index (χ1v) is 11.4. The van der Waals surface area contributed by atoms with E-state index in [0.29, 0.717) is 23.3 Å². The summed E-state index contributed by atoms with van der Waals surface area (Å²) < 4.78 is 3.75. The van der Waals surface area contributed by atoms with Gasteiger partial charge < -0.3 is 10.4 Å². The van der Waals surface area contributed by atoms with Gasteiger partial charge in [-0.3, -0.25) is 9.48 Å². The lowest BCUT2D eigenvalue weighted by molar-refractivity contribution is -0.143. The van der Waals surface area contributed by atoms with E-state index in [1.54, 1.807) is 6.33 Å². The monoisotopic (exact) mass is 423 g/mol. The van der Waals surface area contributed by atoms with E-state index >= 15 is 0 Å². The van der Waals surface area contributed by atoms with Gasteiger partial charge in [0.15, 0.2) is 11.5 Å². The van der Waals surface area contributed by atoms with Crippen molar-refractivity contribution >= 4 is 23.1 Å².